The first-order valence-electron chi connectivity index (χ1n) is 25.9. The number of carbonyl (C=O) groups is 4. The van der Waals surface area contributed by atoms with Crippen LogP contribution in [0.3, 0.4) is 0 Å². The zero-order valence-corrected chi connectivity index (χ0v) is 42.8. The van der Waals surface area contributed by atoms with Crippen LogP contribution in [0, 0.1) is 29.2 Å². The summed E-state index contributed by atoms with van der Waals surface area (Å²) >= 11 is 6.72. The number of imide groups is 1. The maximum absolute atomic E-state index is 16.5. The molecule has 4 atom stereocenters. The minimum atomic E-state index is -1.14. The monoisotopic (exact) mass is 1060 g/mol. The molecule has 1 aromatic heterocycles. The van der Waals surface area contributed by atoms with Gasteiger partial charge in [0.1, 0.15) is 29.5 Å². The van der Waals surface area contributed by atoms with Crippen LogP contribution in [0.5, 0.6) is 11.5 Å². The number of nitrogens with two attached hydrogens (primary N) is 1. The molecule has 0 bridgehead atoms. The summed E-state index contributed by atoms with van der Waals surface area (Å²) in [5.41, 5.74) is 5.27. The third kappa shape index (κ3) is 9.47. The van der Waals surface area contributed by atoms with Crippen molar-refractivity contribution in [3.8, 4) is 22.6 Å². The number of anilines is 1. The summed E-state index contributed by atoms with van der Waals surface area (Å²) in [5, 5.41) is 19.5. The van der Waals surface area contributed by atoms with E-state index in [9.17, 15) is 24.3 Å². The molecule has 5 aliphatic rings. The SMILES string of the molecule is C[C@@H]1C[C@@H](c2c(F)cc3c(N4CCC(=O)NC4=O)nn(C)c3c2F)CCN1C1CCN(C(=O)C2CCC(NC[C@]3(c4ccccc4)Oc4cc(F)c(Cl)c(-c5c(C(N)=O)ccc(OCCO)c5F)c4[C@@H]3C)CC2)CC1. The third-order valence-corrected chi connectivity index (χ3v) is 16.9. The first-order valence-corrected chi connectivity index (χ1v) is 26.3. The number of piperidine rings is 2. The Bertz CT molecular complexity index is 3060. The molecule has 1 saturated carbocycles. The van der Waals surface area contributed by atoms with Crippen LogP contribution in [0.4, 0.5) is 28.2 Å². The first-order chi connectivity index (χ1) is 36.0. The molecule has 15 nitrogen and oxygen atoms in total. The average molecular weight is 1060 g/mol. The molecule has 1 aliphatic carbocycles. The second kappa shape index (κ2) is 21.0. The van der Waals surface area contributed by atoms with Gasteiger partial charge < -0.3 is 30.5 Å². The molecule has 3 saturated heterocycles. The van der Waals surface area contributed by atoms with Gasteiger partial charge in [0.15, 0.2) is 28.8 Å². The Morgan fingerprint density at radius 3 is 2.33 bits per heavy atom. The highest BCUT2D eigenvalue weighted by atomic mass is 35.5. The standard InChI is InChI=1S/C55H61ClF4N8O7/c1-29-25-32(44-38(57)26-37-50(49(44)60)65(3)64-52(37)68-22-18-42(70)63-54(68)73)15-21-67(29)35-16-19-66(20-17-35)53(72)31-9-11-34(12-10-31)62-28-55(33-7-5-4-6-8-33)30(2)43-41(75-55)27-39(58)47(56)46(43)45-36(51(61)71)13-14-40(48(45)59)74-24-23-69/h4-8,13-14,26-27,29-32,34-35,62,69H,9-12,15-25,28H2,1-3H3,(H2,61,71)(H,63,70,73)/t29-,30+,31?,32+,34?,55+/m1/s1. The van der Waals surface area contributed by atoms with Gasteiger partial charge in [-0.05, 0) is 94.5 Å². The number of urea groups is 1. The van der Waals surface area contributed by atoms with Gasteiger partial charge in [0.2, 0.25) is 17.7 Å². The molecule has 0 radical (unpaired) electrons. The van der Waals surface area contributed by atoms with Gasteiger partial charge in [0, 0.05) is 97.9 Å². The van der Waals surface area contributed by atoms with Crippen molar-refractivity contribution in [1.82, 2.24) is 30.2 Å². The number of aromatic nitrogens is 2. The number of ether oxygens (including phenoxy) is 2. The summed E-state index contributed by atoms with van der Waals surface area (Å²) in [6, 6.07) is 14.0. The molecular weight excluding hydrogens is 996 g/mol. The van der Waals surface area contributed by atoms with Crippen LogP contribution in [0.25, 0.3) is 22.0 Å². The Morgan fingerprint density at radius 2 is 1.65 bits per heavy atom. The summed E-state index contributed by atoms with van der Waals surface area (Å²) in [6.07, 6.45) is 5.53. The van der Waals surface area contributed by atoms with E-state index in [1.165, 1.54) is 33.8 Å². The van der Waals surface area contributed by atoms with Gasteiger partial charge in [-0.3, -0.25) is 34.2 Å². The largest absolute Gasteiger partial charge is 0.488 e. The highest BCUT2D eigenvalue weighted by molar-refractivity contribution is 6.34. The lowest BCUT2D eigenvalue weighted by molar-refractivity contribution is -0.138. The fraction of sp³-hybridized carbons (Fsp3) is 0.473. The van der Waals surface area contributed by atoms with Gasteiger partial charge in [-0.2, -0.15) is 5.10 Å². The molecule has 5 amide bonds. The topological polar surface area (TPSA) is 185 Å². The van der Waals surface area contributed by atoms with E-state index >= 15 is 17.6 Å². The Kier molecular flexibility index (Phi) is 14.6. The molecule has 5 N–H and O–H groups in total. The number of carbonyl (C=O) groups excluding carboxylic acids is 4. The summed E-state index contributed by atoms with van der Waals surface area (Å²) in [6.45, 7) is 5.55. The van der Waals surface area contributed by atoms with Gasteiger partial charge >= 0.3 is 6.03 Å². The number of hydrogen-bond acceptors (Lipinski definition) is 10. The molecule has 20 heteroatoms. The number of nitrogens with zero attached hydrogens (tertiary/aromatic N) is 5. The zero-order valence-electron chi connectivity index (χ0n) is 42.1. The van der Waals surface area contributed by atoms with Crippen molar-refractivity contribution in [1.29, 1.82) is 0 Å². The number of aliphatic hydroxyl groups is 1. The third-order valence-electron chi connectivity index (χ3n) is 16.5. The fourth-order valence-electron chi connectivity index (χ4n) is 12.7. The van der Waals surface area contributed by atoms with E-state index in [-0.39, 0.29) is 112 Å². The smallest absolute Gasteiger partial charge is 0.329 e. The number of hydrogen-bond donors (Lipinski definition) is 4. The number of likely N-dealkylation sites (tertiary alicyclic amines) is 2. The number of nitrogens with one attached hydrogen (secondary N) is 2. The average Bonchev–Trinajstić information content (AvgIpc) is 3.87. The maximum Gasteiger partial charge on any atom is 0.329 e. The van der Waals surface area contributed by atoms with Crippen molar-refractivity contribution in [3.63, 3.8) is 0 Å². The highest BCUT2D eigenvalue weighted by Gasteiger charge is 2.50. The Balaban J connectivity index is 0.766. The molecule has 4 fully saturated rings. The van der Waals surface area contributed by atoms with Crippen molar-refractivity contribution in [2.24, 2.45) is 18.7 Å². The normalized spacial score (nSPS) is 24.6. The Labute approximate surface area is 436 Å². The molecule has 0 unspecified atom stereocenters. The van der Waals surface area contributed by atoms with Crippen LogP contribution in [0.2, 0.25) is 5.02 Å². The lowest BCUT2D eigenvalue weighted by Crippen LogP contribution is -2.53. The second-order valence-electron chi connectivity index (χ2n) is 20.8. The summed E-state index contributed by atoms with van der Waals surface area (Å²) in [5.74, 6) is -5.61. The van der Waals surface area contributed by atoms with Gasteiger partial charge in [0.25, 0.3) is 0 Å². The molecule has 5 aromatic rings. The molecule has 398 valence electrons. The number of rotatable bonds is 13. The Hall–Kier alpha value is -6.28. The highest BCUT2D eigenvalue weighted by Crippen LogP contribution is 2.57. The van der Waals surface area contributed by atoms with E-state index in [4.69, 9.17) is 26.8 Å². The lowest BCUT2D eigenvalue weighted by Gasteiger charge is -2.46. The first kappa shape index (κ1) is 52.2. The molecular formula is C55H61ClF4N8O7. The van der Waals surface area contributed by atoms with Crippen LogP contribution in [0.1, 0.15) is 111 Å². The number of fused-ring (bicyclic) bond motifs is 2. The Morgan fingerprint density at radius 1 is 0.920 bits per heavy atom. The van der Waals surface area contributed by atoms with Crippen LogP contribution in [-0.4, -0.2) is 113 Å². The summed E-state index contributed by atoms with van der Waals surface area (Å²) in [4.78, 5) is 56.9. The predicted molar refractivity (Wildman–Crippen MR) is 273 cm³/mol. The summed E-state index contributed by atoms with van der Waals surface area (Å²) in [7, 11) is 1.56. The zero-order chi connectivity index (χ0) is 53.0. The molecule has 4 aromatic carbocycles. The van der Waals surface area contributed by atoms with Crippen LogP contribution < -0.4 is 30.7 Å². The van der Waals surface area contributed by atoms with Crippen molar-refractivity contribution < 1.29 is 51.3 Å². The van der Waals surface area contributed by atoms with E-state index in [2.05, 4.69) is 27.6 Å². The van der Waals surface area contributed by atoms with Gasteiger partial charge in [-0.25, -0.2) is 22.4 Å². The number of benzene rings is 4. The molecule has 4 aliphatic heterocycles. The van der Waals surface area contributed by atoms with E-state index in [0.717, 1.165) is 31.2 Å². The van der Waals surface area contributed by atoms with Crippen molar-refractivity contribution >= 4 is 52.1 Å². The molecule has 75 heavy (non-hydrogen) atoms. The lowest BCUT2D eigenvalue weighted by atomic mass is 9.77. The van der Waals surface area contributed by atoms with E-state index in [1.54, 1.807) is 7.05 Å². The summed E-state index contributed by atoms with van der Waals surface area (Å²) < 4.78 is 78.4. The number of halogens is 5. The number of amides is 5. The van der Waals surface area contributed by atoms with E-state index in [0.29, 0.717) is 50.9 Å². The molecule has 10 rings (SSSR count). The van der Waals surface area contributed by atoms with Crippen LogP contribution in [-0.2, 0) is 22.2 Å². The maximum atomic E-state index is 16.5. The van der Waals surface area contributed by atoms with Gasteiger partial charge in [-0.15, -0.1) is 0 Å². The van der Waals surface area contributed by atoms with Crippen molar-refractivity contribution in [2.45, 2.75) is 107 Å². The van der Waals surface area contributed by atoms with Gasteiger partial charge in [-0.1, -0.05) is 48.9 Å². The second-order valence-corrected chi connectivity index (χ2v) is 21.1. The van der Waals surface area contributed by atoms with Crippen LogP contribution >= 0.6 is 11.6 Å². The number of aliphatic hydroxyl groups excluding tert-OH is 1. The number of primary amides is 1. The quantitative estimate of drug-likeness (QED) is 0.0840. The van der Waals surface area contributed by atoms with Gasteiger partial charge in [0.05, 0.1) is 22.6 Å². The minimum absolute atomic E-state index is 0.0182. The van der Waals surface area contributed by atoms with Crippen molar-refractivity contribution in [2.75, 3.05) is 50.8 Å². The molecule has 5 heterocycles. The fourth-order valence-corrected chi connectivity index (χ4v) is 12.9. The van der Waals surface area contributed by atoms with Crippen molar-refractivity contribution in [3.05, 3.63) is 105 Å². The molecule has 0 spiro atoms. The van der Waals surface area contributed by atoms with E-state index in [1.807, 2.05) is 42.2 Å². The number of aryl methyl sites for hydroxylation is 1. The van der Waals surface area contributed by atoms with Crippen LogP contribution in [0.15, 0.2) is 54.6 Å². The van der Waals surface area contributed by atoms with E-state index < -0.39 is 64.3 Å². The minimum Gasteiger partial charge on any atom is -0.488 e. The predicted octanol–water partition coefficient (Wildman–Crippen LogP) is 8.17.